The van der Waals surface area contributed by atoms with Crippen LogP contribution in [0.3, 0.4) is 0 Å². The third-order valence-electron chi connectivity index (χ3n) is 4.79. The van der Waals surface area contributed by atoms with Crippen LogP contribution in [0.5, 0.6) is 5.75 Å². The number of sulfone groups is 1. The minimum atomic E-state index is -3.51. The summed E-state index contributed by atoms with van der Waals surface area (Å²) in [6.07, 6.45) is 2.76. The number of hydrogen-bond acceptors (Lipinski definition) is 6. The van der Waals surface area contributed by atoms with Gasteiger partial charge < -0.3 is 10.1 Å². The summed E-state index contributed by atoms with van der Waals surface area (Å²) in [4.78, 5) is 12.6. The van der Waals surface area contributed by atoms with Crippen LogP contribution in [0.4, 0.5) is 5.69 Å². The van der Waals surface area contributed by atoms with Crippen molar-refractivity contribution < 1.29 is 26.4 Å². The van der Waals surface area contributed by atoms with E-state index < -0.39 is 19.9 Å². The third kappa shape index (κ3) is 7.52. The van der Waals surface area contributed by atoms with Gasteiger partial charge in [-0.3, -0.25) is 9.10 Å². The van der Waals surface area contributed by atoms with Crippen LogP contribution in [-0.4, -0.2) is 48.4 Å². The quantitative estimate of drug-likeness (QED) is 0.527. The van der Waals surface area contributed by atoms with E-state index in [9.17, 15) is 21.6 Å². The van der Waals surface area contributed by atoms with Gasteiger partial charge in [0.25, 0.3) is 0 Å². The lowest BCUT2D eigenvalue weighted by Gasteiger charge is -2.23. The van der Waals surface area contributed by atoms with Crippen molar-refractivity contribution in [3.05, 3.63) is 54.1 Å². The number of ether oxygens (including phenoxy) is 1. The molecule has 8 nitrogen and oxygen atoms in total. The van der Waals surface area contributed by atoms with Gasteiger partial charge in [-0.15, -0.1) is 0 Å². The molecular weight excluding hydrogens is 452 g/mol. The van der Waals surface area contributed by atoms with Gasteiger partial charge in [-0.2, -0.15) is 0 Å². The van der Waals surface area contributed by atoms with Crippen molar-refractivity contribution in [3.63, 3.8) is 0 Å². The minimum absolute atomic E-state index is 0.148. The van der Waals surface area contributed by atoms with E-state index in [1.165, 1.54) is 16.4 Å². The van der Waals surface area contributed by atoms with Crippen molar-refractivity contribution in [1.29, 1.82) is 0 Å². The van der Waals surface area contributed by atoms with Crippen molar-refractivity contribution in [2.24, 2.45) is 0 Å². The van der Waals surface area contributed by atoms with Crippen LogP contribution in [0.1, 0.15) is 38.3 Å². The van der Waals surface area contributed by atoms with E-state index in [1.807, 2.05) is 6.92 Å². The topological polar surface area (TPSA) is 110 Å². The molecule has 0 heterocycles. The van der Waals surface area contributed by atoms with Crippen LogP contribution in [0.2, 0.25) is 0 Å². The first-order valence-electron chi connectivity index (χ1n) is 10.2. The Kier molecular flexibility index (Phi) is 8.68. The number of carbonyl (C=O) groups is 1. The summed E-state index contributed by atoms with van der Waals surface area (Å²) < 4.78 is 54.2. The fourth-order valence-electron chi connectivity index (χ4n) is 3.15. The summed E-state index contributed by atoms with van der Waals surface area (Å²) >= 11 is 0. The van der Waals surface area contributed by atoms with E-state index in [-0.39, 0.29) is 29.8 Å². The maximum atomic E-state index is 12.3. The van der Waals surface area contributed by atoms with Crippen LogP contribution in [0.25, 0.3) is 0 Å². The first-order valence-corrected chi connectivity index (χ1v) is 14.0. The fourth-order valence-corrected chi connectivity index (χ4v) is 4.74. The minimum Gasteiger partial charge on any atom is -0.494 e. The van der Waals surface area contributed by atoms with Gasteiger partial charge in [0.1, 0.15) is 5.75 Å². The number of sulfonamides is 1. The van der Waals surface area contributed by atoms with Crippen molar-refractivity contribution in [1.82, 2.24) is 5.32 Å². The lowest BCUT2D eigenvalue weighted by molar-refractivity contribution is -0.121. The van der Waals surface area contributed by atoms with E-state index in [0.29, 0.717) is 24.5 Å². The molecule has 0 saturated carbocycles. The summed E-state index contributed by atoms with van der Waals surface area (Å²) in [7, 11) is -6.79. The molecule has 1 N–H and O–H groups in total. The van der Waals surface area contributed by atoms with Crippen LogP contribution in [-0.2, 0) is 24.7 Å². The van der Waals surface area contributed by atoms with Gasteiger partial charge in [0.05, 0.1) is 29.5 Å². The van der Waals surface area contributed by atoms with E-state index in [0.717, 1.165) is 18.1 Å². The lowest BCUT2D eigenvalue weighted by atomic mass is 10.1. The number of nitrogens with one attached hydrogen (secondary N) is 1. The molecule has 0 aliphatic heterocycles. The van der Waals surface area contributed by atoms with Crippen molar-refractivity contribution in [3.8, 4) is 5.75 Å². The van der Waals surface area contributed by atoms with Crippen LogP contribution < -0.4 is 14.4 Å². The summed E-state index contributed by atoms with van der Waals surface area (Å²) in [6.45, 7) is 4.35. The fraction of sp³-hybridized carbons (Fsp3) is 0.409. The van der Waals surface area contributed by atoms with E-state index in [1.54, 1.807) is 43.3 Å². The van der Waals surface area contributed by atoms with Crippen molar-refractivity contribution in [2.75, 3.05) is 30.0 Å². The average molecular weight is 483 g/mol. The summed E-state index contributed by atoms with van der Waals surface area (Å²) in [6, 6.07) is 12.8. The second kappa shape index (κ2) is 10.8. The highest BCUT2D eigenvalue weighted by Gasteiger charge is 2.18. The number of rotatable bonds is 11. The normalized spacial score (nSPS) is 12.8. The van der Waals surface area contributed by atoms with Crippen LogP contribution in [0.15, 0.2) is 53.4 Å². The Morgan fingerprint density at radius 2 is 1.59 bits per heavy atom. The molecule has 32 heavy (non-hydrogen) atoms. The number of carbonyl (C=O) groups excluding carboxylic acids is 1. The number of nitrogens with zero attached hydrogens (tertiary/aromatic N) is 1. The average Bonchev–Trinajstić information content (AvgIpc) is 2.71. The Morgan fingerprint density at radius 3 is 2.09 bits per heavy atom. The van der Waals surface area contributed by atoms with Gasteiger partial charge in [0, 0.05) is 19.2 Å². The van der Waals surface area contributed by atoms with Gasteiger partial charge in [-0.05, 0) is 62.2 Å². The zero-order valence-electron chi connectivity index (χ0n) is 18.7. The maximum Gasteiger partial charge on any atom is 0.232 e. The predicted molar refractivity (Wildman–Crippen MR) is 125 cm³/mol. The zero-order valence-corrected chi connectivity index (χ0v) is 20.4. The van der Waals surface area contributed by atoms with Gasteiger partial charge in [0.2, 0.25) is 15.9 Å². The molecule has 0 radical (unpaired) electrons. The van der Waals surface area contributed by atoms with Gasteiger partial charge in [-0.25, -0.2) is 16.8 Å². The number of hydrogen-bond donors (Lipinski definition) is 1. The van der Waals surface area contributed by atoms with Crippen molar-refractivity contribution >= 4 is 31.5 Å². The molecule has 1 atom stereocenters. The molecule has 0 unspecified atom stereocenters. The lowest BCUT2D eigenvalue weighted by Crippen LogP contribution is -2.32. The molecule has 2 aromatic carbocycles. The Bertz CT molecular complexity index is 1110. The molecule has 10 heteroatoms. The summed E-state index contributed by atoms with van der Waals surface area (Å²) in [5.41, 5.74) is 1.29. The molecule has 2 aromatic rings. The molecule has 0 spiro atoms. The van der Waals surface area contributed by atoms with E-state index in [2.05, 4.69) is 5.32 Å². The third-order valence-corrected chi connectivity index (χ3v) is 7.11. The Balaban J connectivity index is 1.94. The molecule has 2 rings (SSSR count). The largest absolute Gasteiger partial charge is 0.494 e. The van der Waals surface area contributed by atoms with Gasteiger partial charge >= 0.3 is 0 Å². The highest BCUT2D eigenvalue weighted by Crippen LogP contribution is 2.22. The predicted octanol–water partition coefficient (Wildman–Crippen LogP) is 2.91. The highest BCUT2D eigenvalue weighted by atomic mass is 32.2. The zero-order chi connectivity index (χ0) is 23.9. The Hall–Kier alpha value is -2.59. The van der Waals surface area contributed by atoms with Gasteiger partial charge in [0.15, 0.2) is 9.84 Å². The summed E-state index contributed by atoms with van der Waals surface area (Å²) in [5.74, 6) is 0.437. The number of benzene rings is 2. The SMILES string of the molecule is CCOc1ccc(N(CCCC(=O)N[C@H](C)c2ccc(S(C)(=O)=O)cc2)S(C)(=O)=O)cc1. The first-order chi connectivity index (χ1) is 14.9. The molecule has 1 amide bonds. The molecule has 0 bridgehead atoms. The standard InChI is InChI=1S/C22H30N2O6S2/c1-5-30-20-12-10-19(11-13-20)24(32(4,28)29)16-6-7-22(25)23-17(2)18-8-14-21(15-9-18)31(3,26)27/h8-15,17H,5-7,16H2,1-4H3,(H,23,25)/t17-/m1/s1. The molecule has 0 saturated heterocycles. The second-order valence-corrected chi connectivity index (χ2v) is 11.4. The Morgan fingerprint density at radius 1 is 1.00 bits per heavy atom. The van der Waals surface area contributed by atoms with Crippen LogP contribution >= 0.6 is 0 Å². The maximum absolute atomic E-state index is 12.3. The molecule has 0 fully saturated rings. The van der Waals surface area contributed by atoms with Gasteiger partial charge in [-0.1, -0.05) is 12.1 Å². The molecular formula is C22H30N2O6S2. The molecule has 0 aliphatic rings. The first kappa shape index (κ1) is 25.7. The smallest absolute Gasteiger partial charge is 0.232 e. The summed E-state index contributed by atoms with van der Waals surface area (Å²) in [5, 5.41) is 2.86. The monoisotopic (exact) mass is 482 g/mol. The molecule has 0 aliphatic carbocycles. The second-order valence-electron chi connectivity index (χ2n) is 7.50. The molecule has 176 valence electrons. The van der Waals surface area contributed by atoms with Crippen molar-refractivity contribution in [2.45, 2.75) is 37.6 Å². The number of amides is 1. The molecule has 0 aromatic heterocycles. The Labute approximate surface area is 190 Å². The van der Waals surface area contributed by atoms with Crippen LogP contribution in [0, 0.1) is 0 Å². The van der Waals surface area contributed by atoms with E-state index >= 15 is 0 Å². The number of anilines is 1. The van der Waals surface area contributed by atoms with E-state index in [4.69, 9.17) is 4.74 Å². The highest BCUT2D eigenvalue weighted by molar-refractivity contribution is 7.92.